The fourth-order valence-corrected chi connectivity index (χ4v) is 1.48. The van der Waals surface area contributed by atoms with Gasteiger partial charge in [-0.05, 0) is 6.07 Å². The number of aliphatic hydroxyl groups excluding tert-OH is 1. The lowest BCUT2D eigenvalue weighted by Crippen LogP contribution is -2.01. The second-order valence-electron chi connectivity index (χ2n) is 2.84. The van der Waals surface area contributed by atoms with Gasteiger partial charge in [0.1, 0.15) is 10.6 Å². The van der Waals surface area contributed by atoms with Crippen molar-refractivity contribution in [1.29, 1.82) is 0 Å². The van der Waals surface area contributed by atoms with Gasteiger partial charge in [-0.25, -0.2) is 14.3 Å². The van der Waals surface area contributed by atoms with Crippen molar-refractivity contribution in [3.8, 4) is 0 Å². The number of carbonyl (C=O) groups is 1. The van der Waals surface area contributed by atoms with Crippen LogP contribution in [0.4, 0.5) is 0 Å². The van der Waals surface area contributed by atoms with Crippen molar-refractivity contribution in [2.24, 2.45) is 0 Å². The molecule has 0 atom stereocenters. The molecule has 0 saturated carbocycles. The standard InChI is InChI=1S/C8H6N3O3S/c12-3-4-1-6(15)11-7(10-4)5(2-9-11)8(13)14/h1-2,12H,3H2,(H,13,14). The molecule has 2 aromatic heterocycles. The van der Waals surface area contributed by atoms with Gasteiger partial charge in [-0.3, -0.25) is 0 Å². The largest absolute Gasteiger partial charge is 0.477 e. The molecule has 0 saturated heterocycles. The van der Waals surface area contributed by atoms with Gasteiger partial charge in [0.15, 0.2) is 5.65 Å². The lowest BCUT2D eigenvalue weighted by atomic mass is 10.3. The summed E-state index contributed by atoms with van der Waals surface area (Å²) in [6, 6.07) is 1.47. The van der Waals surface area contributed by atoms with Crippen molar-refractivity contribution in [3.63, 3.8) is 0 Å². The zero-order valence-electron chi connectivity index (χ0n) is 7.41. The summed E-state index contributed by atoms with van der Waals surface area (Å²) in [5.41, 5.74) is 0.450. The van der Waals surface area contributed by atoms with Crippen LogP contribution in [0.3, 0.4) is 0 Å². The van der Waals surface area contributed by atoms with Crippen LogP contribution in [0.5, 0.6) is 0 Å². The molecule has 0 aliphatic heterocycles. The number of hydrogen-bond acceptors (Lipinski definition) is 4. The third kappa shape index (κ3) is 1.51. The molecule has 0 fully saturated rings. The van der Waals surface area contributed by atoms with Gasteiger partial charge in [0.05, 0.1) is 18.5 Å². The van der Waals surface area contributed by atoms with E-state index in [2.05, 4.69) is 10.1 Å². The number of carboxylic acids is 1. The molecule has 2 aromatic rings. The van der Waals surface area contributed by atoms with E-state index in [0.29, 0.717) is 10.7 Å². The quantitative estimate of drug-likeness (QED) is 0.724. The second kappa shape index (κ2) is 3.44. The first-order valence-corrected chi connectivity index (χ1v) is 4.43. The summed E-state index contributed by atoms with van der Waals surface area (Å²) in [7, 11) is 0. The summed E-state index contributed by atoms with van der Waals surface area (Å²) in [6.07, 6.45) is 1.18. The van der Waals surface area contributed by atoms with Crippen LogP contribution in [-0.2, 0) is 6.61 Å². The fourth-order valence-electron chi connectivity index (χ4n) is 1.21. The van der Waals surface area contributed by atoms with E-state index < -0.39 is 5.97 Å². The normalized spacial score (nSPS) is 10.7. The summed E-state index contributed by atoms with van der Waals surface area (Å²) in [5.74, 6) is -1.12. The molecule has 6 nitrogen and oxygen atoms in total. The summed E-state index contributed by atoms with van der Waals surface area (Å²) in [5, 5.41) is 21.9. The van der Waals surface area contributed by atoms with E-state index >= 15 is 0 Å². The molecule has 7 heteroatoms. The topological polar surface area (TPSA) is 87.7 Å². The molecule has 2 N–H and O–H groups in total. The van der Waals surface area contributed by atoms with Crippen molar-refractivity contribution in [2.45, 2.75) is 11.6 Å². The van der Waals surface area contributed by atoms with Gasteiger partial charge in [-0.1, -0.05) is 12.6 Å². The van der Waals surface area contributed by atoms with Crippen LogP contribution in [0.1, 0.15) is 16.1 Å². The minimum Gasteiger partial charge on any atom is -0.477 e. The Kier molecular flexibility index (Phi) is 2.25. The molecular formula is C8H6N3O3S. The number of hydrogen-bond donors (Lipinski definition) is 2. The number of carboxylic acid groups (broad SMARTS) is 1. The first-order valence-electron chi connectivity index (χ1n) is 4.02. The highest BCUT2D eigenvalue weighted by molar-refractivity contribution is 7.80. The summed E-state index contributed by atoms with van der Waals surface area (Å²) in [6.45, 7) is -0.287. The molecule has 15 heavy (non-hydrogen) atoms. The Morgan fingerprint density at radius 2 is 2.33 bits per heavy atom. The maximum atomic E-state index is 10.8. The Labute approximate surface area is 89.6 Å². The number of aliphatic hydroxyl groups is 1. The summed E-state index contributed by atoms with van der Waals surface area (Å²) >= 11 is 4.96. The first-order chi connectivity index (χ1) is 7.13. The molecule has 0 aliphatic carbocycles. The molecule has 0 aromatic carbocycles. The number of aromatic nitrogens is 3. The average molecular weight is 224 g/mol. The minimum atomic E-state index is -1.12. The Morgan fingerprint density at radius 1 is 1.60 bits per heavy atom. The van der Waals surface area contributed by atoms with Crippen LogP contribution in [-0.4, -0.2) is 30.8 Å². The van der Waals surface area contributed by atoms with Crippen LogP contribution in [0, 0.1) is 0 Å². The predicted molar refractivity (Wildman–Crippen MR) is 51.7 cm³/mol. The van der Waals surface area contributed by atoms with Crippen LogP contribution in [0.2, 0.25) is 0 Å². The van der Waals surface area contributed by atoms with E-state index in [0.717, 1.165) is 0 Å². The van der Waals surface area contributed by atoms with Gasteiger partial charge in [-0.2, -0.15) is 5.10 Å². The monoisotopic (exact) mass is 224 g/mol. The van der Waals surface area contributed by atoms with Crippen molar-refractivity contribution in [2.75, 3.05) is 0 Å². The van der Waals surface area contributed by atoms with Crippen LogP contribution in [0.25, 0.3) is 5.65 Å². The number of fused-ring (bicyclic) bond motifs is 1. The van der Waals surface area contributed by atoms with Crippen molar-refractivity contribution < 1.29 is 15.0 Å². The third-order valence-electron chi connectivity index (χ3n) is 1.88. The third-order valence-corrected chi connectivity index (χ3v) is 2.18. The van der Waals surface area contributed by atoms with Crippen molar-refractivity contribution in [3.05, 3.63) is 23.5 Å². The average Bonchev–Trinajstić information content (AvgIpc) is 2.61. The van der Waals surface area contributed by atoms with E-state index in [-0.39, 0.29) is 17.8 Å². The van der Waals surface area contributed by atoms with Crippen molar-refractivity contribution in [1.82, 2.24) is 14.6 Å². The van der Waals surface area contributed by atoms with E-state index in [4.69, 9.17) is 22.8 Å². The summed E-state index contributed by atoms with van der Waals surface area (Å²) < 4.78 is 1.25. The van der Waals surface area contributed by atoms with Crippen molar-refractivity contribution >= 4 is 24.2 Å². The van der Waals surface area contributed by atoms with E-state index in [1.807, 2.05) is 0 Å². The first kappa shape index (κ1) is 9.81. The minimum absolute atomic E-state index is 0.0311. The lowest BCUT2D eigenvalue weighted by Gasteiger charge is -2.00. The molecule has 1 radical (unpaired) electrons. The number of rotatable bonds is 2. The zero-order valence-corrected chi connectivity index (χ0v) is 8.23. The van der Waals surface area contributed by atoms with Gasteiger partial charge >= 0.3 is 5.97 Å². The molecule has 0 unspecified atom stereocenters. The second-order valence-corrected chi connectivity index (χ2v) is 3.26. The summed E-state index contributed by atoms with van der Waals surface area (Å²) in [4.78, 5) is 14.7. The SMILES string of the molecule is O=C(O)c1cnn2c([S])cc(CO)nc12. The van der Waals surface area contributed by atoms with Gasteiger partial charge < -0.3 is 10.2 Å². The highest BCUT2D eigenvalue weighted by Crippen LogP contribution is 2.14. The molecule has 0 bridgehead atoms. The zero-order chi connectivity index (χ0) is 11.0. The highest BCUT2D eigenvalue weighted by Gasteiger charge is 2.14. The van der Waals surface area contributed by atoms with Gasteiger partial charge in [0, 0.05) is 0 Å². The lowest BCUT2D eigenvalue weighted by molar-refractivity contribution is 0.0698. The Morgan fingerprint density at radius 3 is 2.93 bits per heavy atom. The molecule has 2 heterocycles. The molecule has 0 aliphatic rings. The number of aromatic carboxylic acids is 1. The van der Waals surface area contributed by atoms with E-state index in [1.165, 1.54) is 16.8 Å². The molecule has 77 valence electrons. The van der Waals surface area contributed by atoms with Crippen LogP contribution >= 0.6 is 12.6 Å². The molecular weight excluding hydrogens is 218 g/mol. The smallest absolute Gasteiger partial charge is 0.341 e. The van der Waals surface area contributed by atoms with Gasteiger partial charge in [-0.15, -0.1) is 0 Å². The molecule has 2 rings (SSSR count). The van der Waals surface area contributed by atoms with E-state index in [1.54, 1.807) is 0 Å². The fraction of sp³-hybridized carbons (Fsp3) is 0.125. The Balaban J connectivity index is 2.78. The Bertz CT molecular complexity index is 537. The molecule has 0 spiro atoms. The highest BCUT2D eigenvalue weighted by atomic mass is 32.1. The molecule has 0 amide bonds. The maximum absolute atomic E-state index is 10.8. The van der Waals surface area contributed by atoms with Crippen LogP contribution in [0.15, 0.2) is 17.3 Å². The maximum Gasteiger partial charge on any atom is 0.341 e. The van der Waals surface area contributed by atoms with Gasteiger partial charge in [0.25, 0.3) is 0 Å². The predicted octanol–water partition coefficient (Wildman–Crippen LogP) is 0.476. The number of nitrogens with zero attached hydrogens (tertiary/aromatic N) is 3. The van der Waals surface area contributed by atoms with Crippen LogP contribution < -0.4 is 0 Å². The Hall–Kier alpha value is -1.73. The van der Waals surface area contributed by atoms with E-state index in [9.17, 15) is 4.79 Å². The van der Waals surface area contributed by atoms with Gasteiger partial charge in [0.2, 0.25) is 0 Å².